The van der Waals surface area contributed by atoms with E-state index in [0.29, 0.717) is 6.54 Å². The van der Waals surface area contributed by atoms with Crippen molar-refractivity contribution in [3.63, 3.8) is 0 Å². The summed E-state index contributed by atoms with van der Waals surface area (Å²) in [6.07, 6.45) is 2.23. The van der Waals surface area contributed by atoms with Gasteiger partial charge in [-0.3, -0.25) is 9.10 Å². The predicted molar refractivity (Wildman–Crippen MR) is 63.3 cm³/mol. The van der Waals surface area contributed by atoms with Gasteiger partial charge in [0.1, 0.15) is 0 Å². The van der Waals surface area contributed by atoms with Crippen molar-refractivity contribution >= 4 is 18.7 Å². The summed E-state index contributed by atoms with van der Waals surface area (Å²) >= 11 is 4.06. The van der Waals surface area contributed by atoms with E-state index >= 15 is 0 Å². The highest BCUT2D eigenvalue weighted by Gasteiger charge is 2.05. The summed E-state index contributed by atoms with van der Waals surface area (Å²) < 4.78 is 1.40. The average molecular weight is 216 g/mol. The lowest BCUT2D eigenvalue weighted by atomic mass is 10.3. The van der Waals surface area contributed by atoms with Crippen LogP contribution >= 0.6 is 12.8 Å². The van der Waals surface area contributed by atoms with Gasteiger partial charge in [-0.1, -0.05) is 33.2 Å². The Hall–Kier alpha value is -0.480. The van der Waals surface area contributed by atoms with Gasteiger partial charge in [-0.05, 0) is 32.1 Å². The van der Waals surface area contributed by atoms with Crippen LogP contribution in [0.15, 0.2) is 12.7 Å². The molecule has 0 aliphatic heterocycles. The lowest BCUT2D eigenvalue weighted by Gasteiger charge is -2.19. The van der Waals surface area contributed by atoms with E-state index in [9.17, 15) is 4.79 Å². The third-order valence-electron chi connectivity index (χ3n) is 2.17. The first-order valence-corrected chi connectivity index (χ1v) is 5.40. The number of nitrogens with zero attached hydrogens (tertiary/aromatic N) is 2. The lowest BCUT2D eigenvalue weighted by Crippen LogP contribution is -2.28. The molecule has 0 heterocycles. The first-order valence-electron chi connectivity index (χ1n) is 5.00. The molecule has 1 amide bonds. The minimum atomic E-state index is -0.132. The molecule has 0 aliphatic carbocycles. The lowest BCUT2D eigenvalue weighted by molar-refractivity contribution is -0.121. The second kappa shape index (κ2) is 7.88. The molecule has 82 valence electrons. The summed E-state index contributed by atoms with van der Waals surface area (Å²) in [5, 5.41) is 0. The summed E-state index contributed by atoms with van der Waals surface area (Å²) in [7, 11) is 0. The molecule has 0 aliphatic rings. The van der Waals surface area contributed by atoms with E-state index in [4.69, 9.17) is 0 Å². The molecule has 0 spiro atoms. The molecule has 0 rings (SSSR count). The Bertz CT molecular complexity index is 181. The highest BCUT2D eigenvalue weighted by atomic mass is 32.1. The summed E-state index contributed by atoms with van der Waals surface area (Å²) in [5.41, 5.74) is 0. The normalized spacial score (nSPS) is 10.3. The van der Waals surface area contributed by atoms with Crippen molar-refractivity contribution in [3.8, 4) is 0 Å². The van der Waals surface area contributed by atoms with E-state index in [-0.39, 0.29) is 5.91 Å². The molecule has 0 saturated carbocycles. The summed E-state index contributed by atoms with van der Waals surface area (Å²) in [6, 6.07) is 0. The van der Waals surface area contributed by atoms with Crippen LogP contribution in [-0.2, 0) is 4.79 Å². The first kappa shape index (κ1) is 13.5. The number of carbonyl (C=O) groups is 1. The van der Waals surface area contributed by atoms with Crippen LogP contribution in [0.5, 0.6) is 0 Å². The molecule has 0 saturated heterocycles. The third kappa shape index (κ3) is 5.29. The zero-order valence-corrected chi connectivity index (χ0v) is 9.96. The summed E-state index contributed by atoms with van der Waals surface area (Å²) in [6.45, 7) is 11.5. The molecule has 0 fully saturated rings. The maximum atomic E-state index is 11.0. The van der Waals surface area contributed by atoms with E-state index < -0.39 is 0 Å². The number of amides is 1. The Kier molecular flexibility index (Phi) is 7.61. The SMILES string of the molecule is C=CC(=O)N(S)CCCN(CC)CC. The molecule has 0 radical (unpaired) electrons. The van der Waals surface area contributed by atoms with Crippen LogP contribution in [0, 0.1) is 0 Å². The molecule has 0 aromatic heterocycles. The largest absolute Gasteiger partial charge is 0.304 e. The average Bonchev–Trinajstić information content (AvgIpc) is 2.22. The van der Waals surface area contributed by atoms with Crippen LogP contribution in [-0.4, -0.2) is 41.3 Å². The fourth-order valence-electron chi connectivity index (χ4n) is 1.20. The van der Waals surface area contributed by atoms with E-state index in [1.54, 1.807) is 0 Å². The standard InChI is InChI=1S/C10H20N2OS/c1-4-10(13)12(14)9-7-8-11(5-2)6-3/h4,14H,1,5-9H2,2-3H3. The Morgan fingerprint density at radius 2 is 1.93 bits per heavy atom. The molecular formula is C10H20N2OS. The molecule has 0 N–H and O–H groups in total. The first-order chi connectivity index (χ1) is 6.65. The van der Waals surface area contributed by atoms with E-state index in [1.807, 2.05) is 0 Å². The summed E-state index contributed by atoms with van der Waals surface area (Å²) in [5.74, 6) is -0.132. The zero-order chi connectivity index (χ0) is 11.0. The van der Waals surface area contributed by atoms with Crippen LogP contribution in [0.4, 0.5) is 0 Å². The highest BCUT2D eigenvalue weighted by molar-refractivity contribution is 7.78. The van der Waals surface area contributed by atoms with E-state index in [0.717, 1.165) is 26.1 Å². The Balaban J connectivity index is 3.62. The van der Waals surface area contributed by atoms with Gasteiger partial charge >= 0.3 is 0 Å². The quantitative estimate of drug-likeness (QED) is 0.516. The van der Waals surface area contributed by atoms with Gasteiger partial charge in [-0.2, -0.15) is 0 Å². The van der Waals surface area contributed by atoms with Crippen molar-refractivity contribution in [2.45, 2.75) is 20.3 Å². The number of rotatable bonds is 7. The van der Waals surface area contributed by atoms with E-state index in [1.165, 1.54) is 10.4 Å². The number of hydrogen-bond donors (Lipinski definition) is 1. The van der Waals surface area contributed by atoms with Crippen LogP contribution in [0.1, 0.15) is 20.3 Å². The highest BCUT2D eigenvalue weighted by Crippen LogP contribution is 1.99. The van der Waals surface area contributed by atoms with Crippen LogP contribution < -0.4 is 0 Å². The Labute approximate surface area is 92.3 Å². The Morgan fingerprint density at radius 1 is 1.36 bits per heavy atom. The van der Waals surface area contributed by atoms with Crippen molar-refractivity contribution in [1.29, 1.82) is 0 Å². The smallest absolute Gasteiger partial charge is 0.255 e. The summed E-state index contributed by atoms with van der Waals surface area (Å²) in [4.78, 5) is 13.4. The monoisotopic (exact) mass is 216 g/mol. The molecule has 0 unspecified atom stereocenters. The van der Waals surface area contributed by atoms with Crippen molar-refractivity contribution in [2.75, 3.05) is 26.2 Å². The second-order valence-electron chi connectivity index (χ2n) is 3.05. The van der Waals surface area contributed by atoms with Crippen LogP contribution in [0.2, 0.25) is 0 Å². The molecule has 0 atom stereocenters. The maximum Gasteiger partial charge on any atom is 0.255 e. The van der Waals surface area contributed by atoms with Gasteiger partial charge in [0.2, 0.25) is 0 Å². The van der Waals surface area contributed by atoms with Crippen molar-refractivity contribution in [3.05, 3.63) is 12.7 Å². The topological polar surface area (TPSA) is 23.6 Å². The Morgan fingerprint density at radius 3 is 2.36 bits per heavy atom. The fraction of sp³-hybridized carbons (Fsp3) is 0.700. The number of thiol groups is 1. The fourth-order valence-corrected chi connectivity index (χ4v) is 1.42. The molecule has 4 heteroatoms. The van der Waals surface area contributed by atoms with Gasteiger partial charge in [-0.25, -0.2) is 0 Å². The van der Waals surface area contributed by atoms with Gasteiger partial charge in [-0.15, -0.1) is 0 Å². The van der Waals surface area contributed by atoms with Crippen LogP contribution in [0.25, 0.3) is 0 Å². The third-order valence-corrected chi connectivity index (χ3v) is 2.56. The maximum absolute atomic E-state index is 11.0. The van der Waals surface area contributed by atoms with Crippen molar-refractivity contribution in [2.24, 2.45) is 0 Å². The minimum Gasteiger partial charge on any atom is -0.304 e. The van der Waals surface area contributed by atoms with Gasteiger partial charge in [0, 0.05) is 6.54 Å². The van der Waals surface area contributed by atoms with Gasteiger partial charge in [0.05, 0.1) is 0 Å². The second-order valence-corrected chi connectivity index (χ2v) is 3.53. The number of carbonyl (C=O) groups excluding carboxylic acids is 1. The molecule has 0 bridgehead atoms. The van der Waals surface area contributed by atoms with Crippen molar-refractivity contribution < 1.29 is 4.79 Å². The van der Waals surface area contributed by atoms with Gasteiger partial charge in [0.25, 0.3) is 5.91 Å². The zero-order valence-electron chi connectivity index (χ0n) is 9.07. The van der Waals surface area contributed by atoms with Crippen molar-refractivity contribution in [1.82, 2.24) is 9.21 Å². The molecule has 3 nitrogen and oxygen atoms in total. The number of hydrogen-bond acceptors (Lipinski definition) is 3. The molecule has 0 aromatic carbocycles. The molecular weight excluding hydrogens is 196 g/mol. The van der Waals surface area contributed by atoms with Gasteiger partial charge in [0.15, 0.2) is 0 Å². The molecule has 0 aromatic rings. The van der Waals surface area contributed by atoms with Gasteiger partial charge < -0.3 is 4.90 Å². The predicted octanol–water partition coefficient (Wildman–Crippen LogP) is 1.58. The molecule has 14 heavy (non-hydrogen) atoms. The van der Waals surface area contributed by atoms with Crippen LogP contribution in [0.3, 0.4) is 0 Å². The minimum absolute atomic E-state index is 0.132. The van der Waals surface area contributed by atoms with E-state index in [2.05, 4.69) is 38.1 Å².